The van der Waals surface area contributed by atoms with E-state index >= 15 is 0 Å². The average molecular weight is 465 g/mol. The van der Waals surface area contributed by atoms with Crippen LogP contribution in [0.1, 0.15) is 33.6 Å². The van der Waals surface area contributed by atoms with Crippen LogP contribution in [-0.2, 0) is 6.54 Å². The van der Waals surface area contributed by atoms with Crippen molar-refractivity contribution in [2.24, 2.45) is 0 Å². The second-order valence-corrected chi connectivity index (χ2v) is 10.0. The summed E-state index contributed by atoms with van der Waals surface area (Å²) < 4.78 is 6.98. The SMILES string of the molecule is Cc1cnc2nc(Oc3ccc(CN4CCC(NC(=O)c5cccs5)CC4)cc3)sc2c1. The number of piperidine rings is 1. The van der Waals surface area contributed by atoms with Crippen LogP contribution in [0, 0.1) is 6.92 Å². The molecule has 0 aliphatic carbocycles. The largest absolute Gasteiger partial charge is 0.431 e. The van der Waals surface area contributed by atoms with Gasteiger partial charge in [-0.25, -0.2) is 4.98 Å². The molecule has 0 unspecified atom stereocenters. The van der Waals surface area contributed by atoms with Crippen LogP contribution in [0.5, 0.6) is 10.9 Å². The molecule has 1 saturated heterocycles. The molecule has 164 valence electrons. The monoisotopic (exact) mass is 464 g/mol. The van der Waals surface area contributed by atoms with E-state index in [9.17, 15) is 4.79 Å². The lowest BCUT2D eigenvalue weighted by molar-refractivity contribution is 0.0913. The number of pyridine rings is 1. The number of thiazole rings is 1. The van der Waals surface area contributed by atoms with Crippen LogP contribution in [0.3, 0.4) is 0 Å². The lowest BCUT2D eigenvalue weighted by Gasteiger charge is -2.32. The van der Waals surface area contributed by atoms with Crippen molar-refractivity contribution in [2.45, 2.75) is 32.4 Å². The third-order valence-electron chi connectivity index (χ3n) is 5.57. The fourth-order valence-electron chi connectivity index (χ4n) is 3.86. The van der Waals surface area contributed by atoms with E-state index in [0.29, 0.717) is 5.19 Å². The first-order chi connectivity index (χ1) is 15.6. The highest BCUT2D eigenvalue weighted by Gasteiger charge is 2.21. The number of hydrogen-bond donors (Lipinski definition) is 1. The minimum absolute atomic E-state index is 0.0491. The Morgan fingerprint density at radius 3 is 2.78 bits per heavy atom. The van der Waals surface area contributed by atoms with Gasteiger partial charge >= 0.3 is 0 Å². The average Bonchev–Trinajstić information content (AvgIpc) is 3.46. The molecule has 1 aliphatic heterocycles. The van der Waals surface area contributed by atoms with Crippen LogP contribution in [0.4, 0.5) is 0 Å². The second kappa shape index (κ2) is 9.36. The summed E-state index contributed by atoms with van der Waals surface area (Å²) in [6, 6.07) is 14.3. The van der Waals surface area contributed by atoms with Gasteiger partial charge in [-0.1, -0.05) is 29.5 Å². The van der Waals surface area contributed by atoms with E-state index in [1.807, 2.05) is 42.8 Å². The summed E-state index contributed by atoms with van der Waals surface area (Å²) in [7, 11) is 0. The number of rotatable bonds is 6. The maximum absolute atomic E-state index is 12.2. The first-order valence-corrected chi connectivity index (χ1v) is 12.4. The molecule has 5 rings (SSSR count). The van der Waals surface area contributed by atoms with Crippen LogP contribution < -0.4 is 10.1 Å². The van der Waals surface area contributed by atoms with E-state index in [4.69, 9.17) is 4.74 Å². The maximum Gasteiger partial charge on any atom is 0.281 e. The fraction of sp³-hybridized carbons (Fsp3) is 0.292. The molecule has 8 heteroatoms. The molecular formula is C24H24N4O2S2. The zero-order valence-electron chi connectivity index (χ0n) is 17.8. The van der Waals surface area contributed by atoms with Gasteiger partial charge in [0.25, 0.3) is 11.1 Å². The van der Waals surface area contributed by atoms with Crippen LogP contribution >= 0.6 is 22.7 Å². The van der Waals surface area contributed by atoms with Crippen molar-refractivity contribution in [3.05, 3.63) is 70.0 Å². The summed E-state index contributed by atoms with van der Waals surface area (Å²) in [5.74, 6) is 0.826. The molecule has 1 N–H and O–H groups in total. The molecule has 0 bridgehead atoms. The Kier molecular flexibility index (Phi) is 6.16. The number of aryl methyl sites for hydroxylation is 1. The predicted octanol–water partition coefficient (Wildman–Crippen LogP) is 5.25. The van der Waals surface area contributed by atoms with Crippen molar-refractivity contribution in [2.75, 3.05) is 13.1 Å². The van der Waals surface area contributed by atoms with E-state index in [-0.39, 0.29) is 11.9 Å². The molecule has 1 amide bonds. The summed E-state index contributed by atoms with van der Waals surface area (Å²) in [4.78, 5) is 24.3. The number of benzene rings is 1. The summed E-state index contributed by atoms with van der Waals surface area (Å²) in [5, 5.41) is 5.71. The van der Waals surface area contributed by atoms with Gasteiger partial charge in [-0.2, -0.15) is 4.98 Å². The summed E-state index contributed by atoms with van der Waals surface area (Å²) in [6.45, 7) is 4.88. The van der Waals surface area contributed by atoms with Gasteiger partial charge in [-0.15, -0.1) is 11.3 Å². The summed E-state index contributed by atoms with van der Waals surface area (Å²) in [5.41, 5.74) is 3.09. The highest BCUT2D eigenvalue weighted by molar-refractivity contribution is 7.20. The lowest BCUT2D eigenvalue weighted by Crippen LogP contribution is -2.44. The number of fused-ring (bicyclic) bond motifs is 1. The number of ether oxygens (including phenoxy) is 1. The topological polar surface area (TPSA) is 67.4 Å². The zero-order chi connectivity index (χ0) is 21.9. The number of carbonyl (C=O) groups excluding carboxylic acids is 1. The van der Waals surface area contributed by atoms with Crippen LogP contribution in [0.15, 0.2) is 54.0 Å². The first kappa shape index (κ1) is 21.1. The third kappa shape index (κ3) is 4.98. The van der Waals surface area contributed by atoms with Gasteiger partial charge < -0.3 is 10.1 Å². The molecule has 4 aromatic rings. The van der Waals surface area contributed by atoms with E-state index in [1.165, 1.54) is 28.2 Å². The molecule has 4 heterocycles. The second-order valence-electron chi connectivity index (χ2n) is 8.06. The van der Waals surface area contributed by atoms with Crippen LogP contribution in [0.25, 0.3) is 10.3 Å². The number of thiophene rings is 1. The molecule has 1 aromatic carbocycles. The molecule has 0 radical (unpaired) electrons. The summed E-state index contributed by atoms with van der Waals surface area (Å²) in [6.07, 6.45) is 3.77. The van der Waals surface area contributed by atoms with Crippen molar-refractivity contribution in [1.82, 2.24) is 20.2 Å². The molecular weight excluding hydrogens is 440 g/mol. The van der Waals surface area contributed by atoms with Crippen molar-refractivity contribution in [1.29, 1.82) is 0 Å². The molecule has 1 aliphatic rings. The molecule has 6 nitrogen and oxygen atoms in total. The lowest BCUT2D eigenvalue weighted by atomic mass is 10.0. The van der Waals surface area contributed by atoms with Crippen molar-refractivity contribution in [3.63, 3.8) is 0 Å². The number of likely N-dealkylation sites (tertiary alicyclic amines) is 1. The van der Waals surface area contributed by atoms with Gasteiger partial charge in [0, 0.05) is 31.9 Å². The highest BCUT2D eigenvalue weighted by Crippen LogP contribution is 2.31. The normalized spacial score (nSPS) is 15.2. The van der Waals surface area contributed by atoms with Gasteiger partial charge in [0.2, 0.25) is 0 Å². The quantitative estimate of drug-likeness (QED) is 0.422. The van der Waals surface area contributed by atoms with Crippen LogP contribution in [-0.4, -0.2) is 39.9 Å². The first-order valence-electron chi connectivity index (χ1n) is 10.7. The standard InChI is InChI=1S/C24H24N4O2S2/c1-16-13-21-22(25-14-16)27-24(32-21)30-19-6-4-17(5-7-19)15-28-10-8-18(9-11-28)26-23(29)20-3-2-12-31-20/h2-7,12-14,18H,8-11,15H2,1H3,(H,26,29). The predicted molar refractivity (Wildman–Crippen MR) is 129 cm³/mol. The van der Waals surface area contributed by atoms with Gasteiger partial charge in [0.1, 0.15) is 5.75 Å². The Balaban J connectivity index is 1.12. The van der Waals surface area contributed by atoms with E-state index in [0.717, 1.165) is 59.0 Å². The zero-order valence-corrected chi connectivity index (χ0v) is 19.4. The summed E-state index contributed by atoms with van der Waals surface area (Å²) >= 11 is 2.99. The molecule has 0 atom stereocenters. The van der Waals surface area contributed by atoms with Gasteiger partial charge in [-0.05, 0) is 60.5 Å². The third-order valence-corrected chi connectivity index (χ3v) is 7.30. The highest BCUT2D eigenvalue weighted by atomic mass is 32.1. The Labute approximate surface area is 194 Å². The van der Waals surface area contributed by atoms with Gasteiger partial charge in [0.15, 0.2) is 5.65 Å². The van der Waals surface area contributed by atoms with Crippen molar-refractivity contribution >= 4 is 38.9 Å². The molecule has 0 spiro atoms. The van der Waals surface area contributed by atoms with Gasteiger partial charge in [-0.3, -0.25) is 9.69 Å². The minimum atomic E-state index is 0.0491. The number of nitrogens with one attached hydrogen (secondary N) is 1. The van der Waals surface area contributed by atoms with Gasteiger partial charge in [0.05, 0.1) is 9.58 Å². The van der Waals surface area contributed by atoms with Crippen molar-refractivity contribution < 1.29 is 9.53 Å². The molecule has 1 fully saturated rings. The number of nitrogens with zero attached hydrogens (tertiary/aromatic N) is 3. The number of hydrogen-bond acceptors (Lipinski definition) is 7. The number of amides is 1. The molecule has 3 aromatic heterocycles. The smallest absolute Gasteiger partial charge is 0.281 e. The Bertz CT molecular complexity index is 1200. The maximum atomic E-state index is 12.2. The van der Waals surface area contributed by atoms with E-state index in [2.05, 4.69) is 38.4 Å². The Morgan fingerprint density at radius 2 is 2.03 bits per heavy atom. The Morgan fingerprint density at radius 1 is 1.22 bits per heavy atom. The van der Waals surface area contributed by atoms with Crippen molar-refractivity contribution in [3.8, 4) is 10.9 Å². The number of aromatic nitrogens is 2. The van der Waals surface area contributed by atoms with E-state index < -0.39 is 0 Å². The fourth-order valence-corrected chi connectivity index (χ4v) is 5.38. The Hall–Kier alpha value is -2.81. The van der Waals surface area contributed by atoms with E-state index in [1.54, 1.807) is 0 Å². The van der Waals surface area contributed by atoms with Crippen LogP contribution in [0.2, 0.25) is 0 Å². The molecule has 32 heavy (non-hydrogen) atoms. The molecule has 0 saturated carbocycles. The minimum Gasteiger partial charge on any atom is -0.431 e. The number of carbonyl (C=O) groups is 1.